The Hall–Kier alpha value is -1.86. The molecule has 8 heteroatoms. The number of nitrogens with one attached hydrogen (secondary N) is 1. The summed E-state index contributed by atoms with van der Waals surface area (Å²) in [5.74, 6) is -4.12. The number of hydrogen-bond donors (Lipinski definition) is 2. The topological polar surface area (TPSA) is 78.9 Å². The van der Waals surface area contributed by atoms with Crippen LogP contribution in [0.25, 0.3) is 0 Å². The van der Waals surface area contributed by atoms with Crippen molar-refractivity contribution in [2.24, 2.45) is 11.8 Å². The number of carbonyl (C=O) groups is 2. The van der Waals surface area contributed by atoms with Crippen LogP contribution < -0.4 is 5.32 Å². The molecule has 6 nitrogen and oxygen atoms in total. The van der Waals surface area contributed by atoms with Gasteiger partial charge in [0, 0.05) is 19.4 Å². The average molecular weight is 461 g/mol. The third-order valence-electron chi connectivity index (χ3n) is 5.84. The lowest BCUT2D eigenvalue weighted by Crippen LogP contribution is -2.55. The second-order valence-electron chi connectivity index (χ2n) is 9.59. The van der Waals surface area contributed by atoms with Gasteiger partial charge in [-0.2, -0.15) is 0 Å². The minimum Gasteiger partial charge on any atom is -0.480 e. The molecule has 186 valence electrons. The molecule has 1 saturated heterocycles. The van der Waals surface area contributed by atoms with E-state index in [-0.39, 0.29) is 43.4 Å². The summed E-state index contributed by atoms with van der Waals surface area (Å²) in [5.41, 5.74) is -0.507. The predicted octanol–water partition coefficient (Wildman–Crippen LogP) is 5.18. The molecule has 0 spiro atoms. The van der Waals surface area contributed by atoms with Crippen molar-refractivity contribution in [2.45, 2.75) is 111 Å². The highest BCUT2D eigenvalue weighted by Gasteiger charge is 2.46. The molecule has 0 aromatic rings. The number of likely N-dealkylation sites (tertiary alicyclic amines) is 1. The van der Waals surface area contributed by atoms with Crippen LogP contribution >= 0.6 is 0 Å². The summed E-state index contributed by atoms with van der Waals surface area (Å²) in [6.07, 6.45) is 2.96. The van der Waals surface area contributed by atoms with Crippen LogP contribution in [0.5, 0.6) is 0 Å². The van der Waals surface area contributed by atoms with Gasteiger partial charge in [0.15, 0.2) is 5.88 Å². The maximum absolute atomic E-state index is 13.7. The van der Waals surface area contributed by atoms with Gasteiger partial charge in [-0.1, -0.05) is 27.7 Å². The third-order valence-corrected chi connectivity index (χ3v) is 5.84. The number of aliphatic carboxylic acids is 1. The van der Waals surface area contributed by atoms with E-state index < -0.39 is 29.6 Å². The Morgan fingerprint density at radius 1 is 1.22 bits per heavy atom. The van der Waals surface area contributed by atoms with E-state index in [1.807, 2.05) is 54.5 Å². The van der Waals surface area contributed by atoms with E-state index in [9.17, 15) is 23.5 Å². The molecule has 2 fully saturated rings. The SMILES string of the molecule is CC.CC/C=C(\NC(C(=O)N1CC[C@H](C)C1C(=O)O)C1CCC(F)(F)CC1)OC(C)(C)C. The first kappa shape index (κ1) is 28.2. The minimum absolute atomic E-state index is 0.153. The lowest BCUT2D eigenvalue weighted by atomic mass is 9.81. The molecular formula is C24H42F2N2O4. The normalized spacial score (nSPS) is 24.9. The Bertz CT molecular complexity index is 651. The van der Waals surface area contributed by atoms with E-state index in [1.165, 1.54) is 4.90 Å². The lowest BCUT2D eigenvalue weighted by Gasteiger charge is -2.37. The molecule has 1 amide bonds. The van der Waals surface area contributed by atoms with E-state index in [2.05, 4.69) is 5.32 Å². The van der Waals surface area contributed by atoms with Crippen LogP contribution in [0.3, 0.4) is 0 Å². The molecule has 1 saturated carbocycles. The zero-order valence-electron chi connectivity index (χ0n) is 20.7. The Morgan fingerprint density at radius 2 is 1.78 bits per heavy atom. The predicted molar refractivity (Wildman–Crippen MR) is 121 cm³/mol. The first-order chi connectivity index (χ1) is 14.8. The van der Waals surface area contributed by atoms with Gasteiger partial charge >= 0.3 is 5.97 Å². The number of nitrogens with zero attached hydrogens (tertiary/aromatic N) is 1. The Labute approximate surface area is 191 Å². The number of carbonyl (C=O) groups excluding carboxylic acids is 1. The molecule has 2 aliphatic rings. The smallest absolute Gasteiger partial charge is 0.326 e. The van der Waals surface area contributed by atoms with E-state index in [0.717, 1.165) is 0 Å². The first-order valence-electron chi connectivity index (χ1n) is 11.9. The van der Waals surface area contributed by atoms with Gasteiger partial charge in [0.2, 0.25) is 11.8 Å². The Morgan fingerprint density at radius 3 is 2.25 bits per heavy atom. The summed E-state index contributed by atoms with van der Waals surface area (Å²) in [6.45, 7) is 13.8. The molecule has 0 radical (unpaired) electrons. The van der Waals surface area contributed by atoms with Gasteiger partial charge in [0.25, 0.3) is 0 Å². The summed E-state index contributed by atoms with van der Waals surface area (Å²) in [4.78, 5) is 26.7. The van der Waals surface area contributed by atoms with Crippen LogP contribution in [0.15, 0.2) is 12.0 Å². The maximum Gasteiger partial charge on any atom is 0.326 e. The van der Waals surface area contributed by atoms with Crippen LogP contribution in [0.4, 0.5) is 8.78 Å². The van der Waals surface area contributed by atoms with Gasteiger partial charge in [0.05, 0.1) is 0 Å². The van der Waals surface area contributed by atoms with Crippen molar-refractivity contribution in [1.82, 2.24) is 10.2 Å². The molecule has 1 aliphatic heterocycles. The Balaban J connectivity index is 0.00000249. The molecule has 1 heterocycles. The van der Waals surface area contributed by atoms with Gasteiger partial charge < -0.3 is 20.1 Å². The van der Waals surface area contributed by atoms with Crippen molar-refractivity contribution < 1.29 is 28.2 Å². The minimum atomic E-state index is -2.71. The molecule has 3 atom stereocenters. The van der Waals surface area contributed by atoms with E-state index in [0.29, 0.717) is 25.3 Å². The van der Waals surface area contributed by atoms with Crippen molar-refractivity contribution in [1.29, 1.82) is 0 Å². The Kier molecular flexibility index (Phi) is 10.4. The molecule has 0 bridgehead atoms. The highest BCUT2D eigenvalue weighted by Crippen LogP contribution is 2.39. The van der Waals surface area contributed by atoms with E-state index in [4.69, 9.17) is 4.74 Å². The van der Waals surface area contributed by atoms with Gasteiger partial charge in [-0.05, 0) is 64.4 Å². The molecule has 2 rings (SSSR count). The fraction of sp³-hybridized carbons (Fsp3) is 0.833. The number of carboxylic acids is 1. The van der Waals surface area contributed by atoms with Crippen molar-refractivity contribution in [3.8, 4) is 0 Å². The number of halogens is 2. The molecule has 0 aromatic carbocycles. The zero-order chi connectivity index (χ0) is 24.7. The van der Waals surface area contributed by atoms with Crippen molar-refractivity contribution >= 4 is 11.9 Å². The van der Waals surface area contributed by atoms with E-state index >= 15 is 0 Å². The van der Waals surface area contributed by atoms with Crippen LogP contribution in [0.1, 0.15) is 87.0 Å². The standard InChI is InChI=1S/C22H36F2N2O4.C2H6/c1-6-7-16(30-21(3,4)5)25-17(15-8-11-22(23,24)12-9-15)19(27)26-13-10-14(2)18(26)20(28)29;1-2/h7,14-15,17-18,25H,6,8-13H2,1-5H3,(H,28,29);1-2H3/b16-7+;/t14-,17?,18?;/m0./s1. The highest BCUT2D eigenvalue weighted by molar-refractivity contribution is 5.88. The second kappa shape index (κ2) is 11.8. The molecule has 32 heavy (non-hydrogen) atoms. The van der Waals surface area contributed by atoms with Crippen LogP contribution in [0.2, 0.25) is 0 Å². The molecule has 1 aliphatic carbocycles. The molecule has 2 N–H and O–H groups in total. The van der Waals surface area contributed by atoms with E-state index in [1.54, 1.807) is 0 Å². The van der Waals surface area contributed by atoms with Crippen LogP contribution in [0, 0.1) is 11.8 Å². The zero-order valence-corrected chi connectivity index (χ0v) is 20.7. The van der Waals surface area contributed by atoms with Gasteiger partial charge in [-0.3, -0.25) is 4.79 Å². The monoisotopic (exact) mass is 460 g/mol. The fourth-order valence-electron chi connectivity index (χ4n) is 4.33. The summed E-state index contributed by atoms with van der Waals surface area (Å²) in [6, 6.07) is -1.69. The number of ether oxygens (including phenoxy) is 1. The summed E-state index contributed by atoms with van der Waals surface area (Å²) in [5, 5.41) is 12.8. The first-order valence-corrected chi connectivity index (χ1v) is 11.9. The summed E-state index contributed by atoms with van der Waals surface area (Å²) < 4.78 is 33.4. The summed E-state index contributed by atoms with van der Waals surface area (Å²) >= 11 is 0. The lowest BCUT2D eigenvalue weighted by molar-refractivity contribution is -0.151. The van der Waals surface area contributed by atoms with Gasteiger partial charge in [-0.25, -0.2) is 13.6 Å². The molecular weight excluding hydrogens is 418 g/mol. The largest absolute Gasteiger partial charge is 0.480 e. The third kappa shape index (κ3) is 7.93. The summed E-state index contributed by atoms with van der Waals surface area (Å²) in [7, 11) is 0. The highest BCUT2D eigenvalue weighted by atomic mass is 19.3. The van der Waals surface area contributed by atoms with Gasteiger partial charge in [0.1, 0.15) is 17.7 Å². The quantitative estimate of drug-likeness (QED) is 0.512. The molecule has 2 unspecified atom stereocenters. The van der Waals surface area contributed by atoms with Crippen molar-refractivity contribution in [2.75, 3.05) is 6.54 Å². The van der Waals surface area contributed by atoms with Crippen LogP contribution in [-0.4, -0.2) is 52.0 Å². The van der Waals surface area contributed by atoms with Crippen LogP contribution in [-0.2, 0) is 14.3 Å². The van der Waals surface area contributed by atoms with Crippen molar-refractivity contribution in [3.63, 3.8) is 0 Å². The molecule has 0 aromatic heterocycles. The van der Waals surface area contributed by atoms with Crippen molar-refractivity contribution in [3.05, 3.63) is 12.0 Å². The van der Waals surface area contributed by atoms with Gasteiger partial charge in [-0.15, -0.1) is 0 Å². The number of hydrogen-bond acceptors (Lipinski definition) is 4. The number of carboxylic acid groups (broad SMARTS) is 1. The maximum atomic E-state index is 13.7. The fourth-order valence-corrected chi connectivity index (χ4v) is 4.33. The number of alkyl halides is 2. The number of rotatable bonds is 7. The average Bonchev–Trinajstić information content (AvgIpc) is 3.08. The second-order valence-corrected chi connectivity index (χ2v) is 9.59. The number of allylic oxidation sites excluding steroid dienone is 1. The number of amides is 1.